The van der Waals surface area contributed by atoms with E-state index in [1.54, 1.807) is 19.2 Å². The lowest BCUT2D eigenvalue weighted by Gasteiger charge is -2.33. The summed E-state index contributed by atoms with van der Waals surface area (Å²) in [6.45, 7) is 1.66. The number of methoxy groups -OCH3 is 1. The fourth-order valence-electron chi connectivity index (χ4n) is 3.80. The van der Waals surface area contributed by atoms with Gasteiger partial charge in [-0.3, -0.25) is 10.1 Å². The fourth-order valence-corrected chi connectivity index (χ4v) is 3.80. The van der Waals surface area contributed by atoms with Gasteiger partial charge >= 0.3 is 0 Å². The maximum absolute atomic E-state index is 11.1. The third-order valence-electron chi connectivity index (χ3n) is 5.18. The van der Waals surface area contributed by atoms with Gasteiger partial charge in [-0.15, -0.1) is 0 Å². The lowest BCUT2D eigenvalue weighted by atomic mass is 9.88. The van der Waals surface area contributed by atoms with Crippen molar-refractivity contribution in [2.75, 3.05) is 25.1 Å². The molecule has 27 heavy (non-hydrogen) atoms. The highest BCUT2D eigenvalue weighted by atomic mass is 16.6. The number of para-hydroxylation sites is 1. The molecule has 0 aliphatic carbocycles. The molecule has 0 spiro atoms. The minimum Gasteiger partial charge on any atom is -0.496 e. The number of hydrogen-bond donors (Lipinski definition) is 0. The molecule has 2 aromatic carbocycles. The van der Waals surface area contributed by atoms with E-state index < -0.39 is 0 Å². The minimum atomic E-state index is -0.385. The molecular weight excluding hydrogens is 344 g/mol. The number of fused-ring (bicyclic) bond motifs is 1. The van der Waals surface area contributed by atoms with Crippen molar-refractivity contribution in [3.05, 3.63) is 64.5 Å². The standard InChI is InChI=1S/C20H20N4O3/c1-27-19-5-3-2-4-16(19)14-8-10-23(11-9-14)20-17-12-15(24(25)26)6-7-18(17)21-13-22-20/h2-7,12-14H,8-11H2,1H3. The number of benzene rings is 2. The first-order chi connectivity index (χ1) is 13.2. The Kier molecular flexibility index (Phi) is 4.58. The topological polar surface area (TPSA) is 81.4 Å². The van der Waals surface area contributed by atoms with Crippen molar-refractivity contribution in [3.8, 4) is 5.75 Å². The zero-order valence-corrected chi connectivity index (χ0v) is 15.0. The molecule has 0 saturated carbocycles. The Morgan fingerprint density at radius 3 is 2.67 bits per heavy atom. The predicted octanol–water partition coefficient (Wildman–Crippen LogP) is 3.93. The van der Waals surface area contributed by atoms with E-state index in [1.807, 2.05) is 18.2 Å². The summed E-state index contributed by atoms with van der Waals surface area (Å²) in [5.41, 5.74) is 2.02. The van der Waals surface area contributed by atoms with Crippen LogP contribution in [0.4, 0.5) is 11.5 Å². The average Bonchev–Trinajstić information content (AvgIpc) is 2.73. The van der Waals surface area contributed by atoms with Crippen LogP contribution >= 0.6 is 0 Å². The Morgan fingerprint density at radius 2 is 1.93 bits per heavy atom. The van der Waals surface area contributed by atoms with Crippen molar-refractivity contribution in [1.29, 1.82) is 0 Å². The van der Waals surface area contributed by atoms with Crippen LogP contribution in [0.5, 0.6) is 5.75 Å². The highest BCUT2D eigenvalue weighted by Crippen LogP contribution is 2.36. The minimum absolute atomic E-state index is 0.0578. The number of non-ortho nitro benzene ring substituents is 1. The lowest BCUT2D eigenvalue weighted by Crippen LogP contribution is -2.33. The van der Waals surface area contributed by atoms with Crippen LogP contribution in [0, 0.1) is 10.1 Å². The Bertz CT molecular complexity index is 984. The number of nitro benzene ring substituents is 1. The monoisotopic (exact) mass is 364 g/mol. The number of rotatable bonds is 4. The molecule has 1 saturated heterocycles. The van der Waals surface area contributed by atoms with Gasteiger partial charge < -0.3 is 9.64 Å². The summed E-state index contributed by atoms with van der Waals surface area (Å²) >= 11 is 0. The molecule has 0 amide bonds. The summed E-state index contributed by atoms with van der Waals surface area (Å²) in [6, 6.07) is 12.9. The lowest BCUT2D eigenvalue weighted by molar-refractivity contribution is -0.384. The van der Waals surface area contributed by atoms with Crippen LogP contribution in [-0.4, -0.2) is 35.1 Å². The van der Waals surface area contributed by atoms with Gasteiger partial charge in [-0.05, 0) is 36.5 Å². The van der Waals surface area contributed by atoms with E-state index in [0.29, 0.717) is 5.92 Å². The van der Waals surface area contributed by atoms with Crippen LogP contribution in [-0.2, 0) is 0 Å². The maximum Gasteiger partial charge on any atom is 0.270 e. The van der Waals surface area contributed by atoms with Crippen LogP contribution in [0.1, 0.15) is 24.3 Å². The predicted molar refractivity (Wildman–Crippen MR) is 103 cm³/mol. The van der Waals surface area contributed by atoms with Crippen molar-refractivity contribution < 1.29 is 9.66 Å². The molecule has 0 bridgehead atoms. The smallest absolute Gasteiger partial charge is 0.270 e. The molecule has 1 aliphatic rings. The molecule has 3 aromatic rings. The number of anilines is 1. The van der Waals surface area contributed by atoms with Crippen LogP contribution < -0.4 is 9.64 Å². The van der Waals surface area contributed by atoms with Gasteiger partial charge in [0.25, 0.3) is 5.69 Å². The molecule has 0 N–H and O–H groups in total. The van der Waals surface area contributed by atoms with E-state index in [4.69, 9.17) is 4.74 Å². The van der Waals surface area contributed by atoms with E-state index in [1.165, 1.54) is 18.0 Å². The highest BCUT2D eigenvalue weighted by molar-refractivity contribution is 5.91. The zero-order chi connectivity index (χ0) is 18.8. The van der Waals surface area contributed by atoms with Crippen LogP contribution in [0.2, 0.25) is 0 Å². The maximum atomic E-state index is 11.1. The normalized spacial score (nSPS) is 15.1. The van der Waals surface area contributed by atoms with E-state index in [0.717, 1.165) is 48.4 Å². The number of hydrogen-bond acceptors (Lipinski definition) is 6. The second-order valence-corrected chi connectivity index (χ2v) is 6.66. The third kappa shape index (κ3) is 3.28. The quantitative estimate of drug-likeness (QED) is 0.515. The molecule has 1 fully saturated rings. The van der Waals surface area contributed by atoms with Crippen molar-refractivity contribution in [3.63, 3.8) is 0 Å². The number of aromatic nitrogens is 2. The number of nitro groups is 1. The molecule has 1 aliphatic heterocycles. The van der Waals surface area contributed by atoms with Crippen molar-refractivity contribution in [2.24, 2.45) is 0 Å². The summed E-state index contributed by atoms with van der Waals surface area (Å²) < 4.78 is 5.51. The Labute approximate surface area is 156 Å². The Morgan fingerprint density at radius 1 is 1.15 bits per heavy atom. The Hall–Kier alpha value is -3.22. The van der Waals surface area contributed by atoms with Gasteiger partial charge in [-0.2, -0.15) is 0 Å². The van der Waals surface area contributed by atoms with E-state index in [9.17, 15) is 10.1 Å². The van der Waals surface area contributed by atoms with Gasteiger partial charge in [0.2, 0.25) is 0 Å². The second kappa shape index (κ2) is 7.19. The number of nitrogens with zero attached hydrogens (tertiary/aromatic N) is 4. The van der Waals surface area contributed by atoms with E-state index in [-0.39, 0.29) is 10.6 Å². The zero-order valence-electron chi connectivity index (χ0n) is 15.0. The van der Waals surface area contributed by atoms with Gasteiger partial charge in [0.05, 0.1) is 17.5 Å². The summed E-state index contributed by atoms with van der Waals surface area (Å²) in [7, 11) is 1.70. The molecule has 138 valence electrons. The summed E-state index contributed by atoms with van der Waals surface area (Å²) in [4.78, 5) is 21.6. The SMILES string of the molecule is COc1ccccc1C1CCN(c2ncnc3ccc([N+](=O)[O-])cc23)CC1. The van der Waals surface area contributed by atoms with Crippen molar-refractivity contribution in [2.45, 2.75) is 18.8 Å². The van der Waals surface area contributed by atoms with Crippen LogP contribution in [0.3, 0.4) is 0 Å². The van der Waals surface area contributed by atoms with Gasteiger partial charge in [-0.25, -0.2) is 9.97 Å². The molecule has 2 heterocycles. The van der Waals surface area contributed by atoms with Crippen molar-refractivity contribution >= 4 is 22.4 Å². The Balaban J connectivity index is 1.59. The molecule has 0 atom stereocenters. The summed E-state index contributed by atoms with van der Waals surface area (Å²) in [5.74, 6) is 2.13. The largest absolute Gasteiger partial charge is 0.496 e. The fraction of sp³-hybridized carbons (Fsp3) is 0.300. The van der Waals surface area contributed by atoms with Crippen LogP contribution in [0.15, 0.2) is 48.8 Å². The van der Waals surface area contributed by atoms with Crippen LogP contribution in [0.25, 0.3) is 10.9 Å². The van der Waals surface area contributed by atoms with E-state index in [2.05, 4.69) is 20.9 Å². The number of ether oxygens (including phenoxy) is 1. The molecule has 1 aromatic heterocycles. The third-order valence-corrected chi connectivity index (χ3v) is 5.18. The number of piperidine rings is 1. The van der Waals surface area contributed by atoms with Gasteiger partial charge in [-0.1, -0.05) is 18.2 Å². The van der Waals surface area contributed by atoms with Gasteiger partial charge in [0.15, 0.2) is 0 Å². The molecule has 0 unspecified atom stereocenters. The summed E-state index contributed by atoms with van der Waals surface area (Å²) in [6.07, 6.45) is 3.47. The average molecular weight is 364 g/mol. The van der Waals surface area contributed by atoms with Gasteiger partial charge in [0.1, 0.15) is 17.9 Å². The molecule has 7 heteroatoms. The molecule has 4 rings (SSSR count). The first-order valence-corrected chi connectivity index (χ1v) is 8.94. The van der Waals surface area contributed by atoms with Gasteiger partial charge in [0, 0.05) is 30.6 Å². The first kappa shape index (κ1) is 17.2. The molecule has 0 radical (unpaired) electrons. The summed E-state index contributed by atoms with van der Waals surface area (Å²) in [5, 5.41) is 11.9. The molecular formula is C20H20N4O3. The molecule has 7 nitrogen and oxygen atoms in total. The van der Waals surface area contributed by atoms with Crippen molar-refractivity contribution in [1.82, 2.24) is 9.97 Å². The first-order valence-electron chi connectivity index (χ1n) is 8.94. The van der Waals surface area contributed by atoms with E-state index >= 15 is 0 Å². The second-order valence-electron chi connectivity index (χ2n) is 6.66. The highest BCUT2D eigenvalue weighted by Gasteiger charge is 2.25.